The summed E-state index contributed by atoms with van der Waals surface area (Å²) in [5.74, 6) is 0.984. The lowest BCUT2D eigenvalue weighted by atomic mass is 10.2. The van der Waals surface area contributed by atoms with Crippen LogP contribution >= 0.6 is 34.4 Å². The fraction of sp³-hybridized carbons (Fsp3) is 0.333. The molecule has 0 saturated carbocycles. The predicted octanol–water partition coefficient (Wildman–Crippen LogP) is -2.75. The summed E-state index contributed by atoms with van der Waals surface area (Å²) >= 11 is 3.94. The molecule has 1 aromatic heterocycles. The number of benzene rings is 1. The molecule has 0 unspecified atom stereocenters. The van der Waals surface area contributed by atoms with Crippen molar-refractivity contribution in [1.82, 2.24) is 9.97 Å². The van der Waals surface area contributed by atoms with Crippen molar-refractivity contribution >= 4 is 39.5 Å². The second kappa shape index (κ2) is 13.3. The topological polar surface area (TPSA) is 67.1 Å². The molecular formula is C15H19Br2IN4S-2. The van der Waals surface area contributed by atoms with E-state index in [0.717, 1.165) is 31.6 Å². The monoisotopic (exact) mass is 572 g/mol. The highest BCUT2D eigenvalue weighted by Crippen LogP contribution is 2.09. The zero-order valence-corrected chi connectivity index (χ0v) is 18.7. The number of rotatable bonds is 7. The Hall–Kier alpha value is -0.0600. The number of imidazole rings is 1. The molecule has 3 N–H and O–H groups in total. The Balaban J connectivity index is 0.00000242. The van der Waals surface area contributed by atoms with Crippen LogP contribution in [0, 0.1) is 3.57 Å². The van der Waals surface area contributed by atoms with Crippen molar-refractivity contribution in [2.24, 2.45) is 10.7 Å². The predicted molar refractivity (Wildman–Crippen MR) is 98.7 cm³/mol. The normalized spacial score (nSPS) is 10.7. The lowest BCUT2D eigenvalue weighted by Gasteiger charge is -2.02. The minimum absolute atomic E-state index is 0. The van der Waals surface area contributed by atoms with E-state index in [4.69, 9.17) is 5.73 Å². The maximum Gasteiger partial charge on any atom is 0.153 e. The summed E-state index contributed by atoms with van der Waals surface area (Å²) in [4.78, 5) is 11.5. The van der Waals surface area contributed by atoms with Crippen molar-refractivity contribution in [3.63, 3.8) is 0 Å². The molecule has 1 aromatic carbocycles. The summed E-state index contributed by atoms with van der Waals surface area (Å²) in [6.45, 7) is 0.750. The van der Waals surface area contributed by atoms with Gasteiger partial charge in [0.05, 0.1) is 6.33 Å². The van der Waals surface area contributed by atoms with Crippen molar-refractivity contribution in [1.29, 1.82) is 0 Å². The zero-order valence-electron chi connectivity index (χ0n) is 12.5. The minimum atomic E-state index is 0. The fourth-order valence-electron chi connectivity index (χ4n) is 1.85. The van der Waals surface area contributed by atoms with Crippen LogP contribution in [0.3, 0.4) is 0 Å². The molecule has 0 aliphatic rings. The maximum absolute atomic E-state index is 5.91. The van der Waals surface area contributed by atoms with Gasteiger partial charge in [-0.3, -0.25) is 4.99 Å². The number of amidine groups is 1. The molecule has 0 spiro atoms. The van der Waals surface area contributed by atoms with Gasteiger partial charge in [0, 0.05) is 27.8 Å². The smallest absolute Gasteiger partial charge is 0.153 e. The number of aromatic amines is 1. The molecule has 0 atom stereocenters. The van der Waals surface area contributed by atoms with Crippen LogP contribution in [-0.4, -0.2) is 27.4 Å². The number of aryl methyl sites for hydroxylation is 1. The quantitative estimate of drug-likeness (QED) is 0.163. The van der Waals surface area contributed by atoms with Gasteiger partial charge in [0.2, 0.25) is 0 Å². The molecule has 8 heteroatoms. The van der Waals surface area contributed by atoms with Crippen molar-refractivity contribution in [2.75, 3.05) is 12.3 Å². The summed E-state index contributed by atoms with van der Waals surface area (Å²) in [5, 5.41) is 0.685. The molecule has 0 aliphatic carbocycles. The summed E-state index contributed by atoms with van der Waals surface area (Å²) < 4.78 is 1.26. The lowest BCUT2D eigenvalue weighted by Crippen LogP contribution is -3.00. The zero-order chi connectivity index (χ0) is 14.9. The van der Waals surface area contributed by atoms with Crippen LogP contribution in [0.5, 0.6) is 0 Å². The van der Waals surface area contributed by atoms with Gasteiger partial charge < -0.3 is 44.7 Å². The van der Waals surface area contributed by atoms with E-state index in [1.807, 2.05) is 6.20 Å². The number of aromatic nitrogens is 2. The Morgan fingerprint density at radius 3 is 2.61 bits per heavy atom. The minimum Gasteiger partial charge on any atom is -1.00 e. The average molecular weight is 574 g/mol. The largest absolute Gasteiger partial charge is 1.00 e. The van der Waals surface area contributed by atoms with Gasteiger partial charge in [-0.2, -0.15) is 0 Å². The van der Waals surface area contributed by atoms with E-state index in [1.54, 1.807) is 18.1 Å². The Morgan fingerprint density at radius 2 is 1.96 bits per heavy atom. The van der Waals surface area contributed by atoms with Gasteiger partial charge in [-0.05, 0) is 59.5 Å². The first-order valence-electron chi connectivity index (χ1n) is 6.88. The van der Waals surface area contributed by atoms with Gasteiger partial charge >= 0.3 is 0 Å². The third-order valence-corrected chi connectivity index (χ3v) is 4.61. The van der Waals surface area contributed by atoms with E-state index in [9.17, 15) is 0 Å². The second-order valence-corrected chi connectivity index (χ2v) is 6.99. The highest BCUT2D eigenvalue weighted by atomic mass is 127. The van der Waals surface area contributed by atoms with E-state index in [-0.39, 0.29) is 34.0 Å². The Morgan fingerprint density at radius 1 is 1.22 bits per heavy atom. The molecule has 0 radical (unpaired) electrons. The number of H-pyrrole nitrogens is 1. The Labute approximate surface area is 176 Å². The number of hydrogen-bond acceptors (Lipinski definition) is 3. The van der Waals surface area contributed by atoms with E-state index < -0.39 is 0 Å². The molecule has 23 heavy (non-hydrogen) atoms. The van der Waals surface area contributed by atoms with Crippen LogP contribution in [0.1, 0.15) is 17.7 Å². The van der Waals surface area contributed by atoms with Crippen LogP contribution in [0.2, 0.25) is 0 Å². The van der Waals surface area contributed by atoms with Crippen molar-refractivity contribution in [3.05, 3.63) is 51.6 Å². The van der Waals surface area contributed by atoms with E-state index in [0.29, 0.717) is 5.17 Å². The summed E-state index contributed by atoms with van der Waals surface area (Å²) in [5.41, 5.74) is 8.39. The standard InChI is InChI=1S/C15H19IN4S.2BrH/c16-13-5-3-12(4-6-13)7-8-19-15(17)21-9-1-2-14-10-18-11-20-14;;/h3-6,10-11H,1-2,7-9H2,(H2,17,19)(H,18,20);2*1H/p-2. The van der Waals surface area contributed by atoms with Crippen LogP contribution in [0.15, 0.2) is 41.8 Å². The molecule has 0 saturated heterocycles. The number of hydrogen-bond donors (Lipinski definition) is 2. The summed E-state index contributed by atoms with van der Waals surface area (Å²) in [7, 11) is 0. The van der Waals surface area contributed by atoms with E-state index in [1.165, 1.54) is 14.8 Å². The van der Waals surface area contributed by atoms with Crippen molar-refractivity contribution < 1.29 is 34.0 Å². The summed E-state index contributed by atoms with van der Waals surface area (Å²) in [6, 6.07) is 8.52. The van der Waals surface area contributed by atoms with Gasteiger partial charge in [0.25, 0.3) is 0 Å². The molecular weight excluding hydrogens is 555 g/mol. The van der Waals surface area contributed by atoms with Crippen LogP contribution < -0.4 is 39.7 Å². The van der Waals surface area contributed by atoms with Crippen LogP contribution in [0.4, 0.5) is 0 Å². The van der Waals surface area contributed by atoms with Gasteiger partial charge in [0.15, 0.2) is 5.17 Å². The molecule has 4 nitrogen and oxygen atoms in total. The molecule has 0 fully saturated rings. The third kappa shape index (κ3) is 9.73. The summed E-state index contributed by atoms with van der Waals surface area (Å²) in [6.07, 6.45) is 6.58. The van der Waals surface area contributed by atoms with E-state index in [2.05, 4.69) is 61.8 Å². The Bertz CT molecular complexity index is 561. The van der Waals surface area contributed by atoms with E-state index >= 15 is 0 Å². The third-order valence-electron chi connectivity index (χ3n) is 2.98. The highest BCUT2D eigenvalue weighted by Gasteiger charge is 1.98. The van der Waals surface area contributed by atoms with Crippen molar-refractivity contribution in [3.8, 4) is 0 Å². The van der Waals surface area contributed by atoms with Crippen LogP contribution in [0.25, 0.3) is 0 Å². The maximum atomic E-state index is 5.91. The molecule has 2 rings (SSSR count). The second-order valence-electron chi connectivity index (χ2n) is 4.63. The molecule has 2 aromatic rings. The molecule has 128 valence electrons. The number of nitrogens with two attached hydrogens (primary N) is 1. The Kier molecular flexibility index (Phi) is 13.2. The number of aliphatic imine (C=N–C) groups is 1. The number of nitrogens with one attached hydrogen (secondary N) is 1. The van der Waals surface area contributed by atoms with Gasteiger partial charge in [-0.1, -0.05) is 23.9 Å². The molecule has 1 heterocycles. The first kappa shape index (κ1) is 22.9. The first-order valence-corrected chi connectivity index (χ1v) is 8.95. The number of halogens is 3. The lowest BCUT2D eigenvalue weighted by molar-refractivity contribution is -0.00100. The molecule has 0 bridgehead atoms. The SMILES string of the molecule is NC(=NCCc1ccc(I)cc1)SCCCc1cnc[nH]1.[Br-].[Br-]. The average Bonchev–Trinajstić information content (AvgIpc) is 2.99. The molecule has 0 aliphatic heterocycles. The van der Waals surface area contributed by atoms with Gasteiger partial charge in [0.1, 0.15) is 0 Å². The number of nitrogens with zero attached hydrogens (tertiary/aromatic N) is 2. The highest BCUT2D eigenvalue weighted by molar-refractivity contribution is 14.1. The van der Waals surface area contributed by atoms with Gasteiger partial charge in [-0.25, -0.2) is 4.98 Å². The molecule has 0 amide bonds. The fourth-order valence-corrected chi connectivity index (χ4v) is 2.89. The van der Waals surface area contributed by atoms with Crippen LogP contribution in [-0.2, 0) is 12.8 Å². The number of thioether (sulfide) groups is 1. The first-order chi connectivity index (χ1) is 10.2. The van der Waals surface area contributed by atoms with Gasteiger partial charge in [-0.15, -0.1) is 0 Å². The van der Waals surface area contributed by atoms with Crippen molar-refractivity contribution in [2.45, 2.75) is 19.3 Å².